The van der Waals surface area contributed by atoms with Gasteiger partial charge in [-0.2, -0.15) is 0 Å². The fraction of sp³-hybridized carbons (Fsp3) is 0.333. The normalized spacial score (nSPS) is 14.8. The summed E-state index contributed by atoms with van der Waals surface area (Å²) >= 11 is 0. The molecule has 1 unspecified atom stereocenters. The molecule has 0 saturated carbocycles. The second-order valence-electron chi connectivity index (χ2n) is 10.4. The van der Waals surface area contributed by atoms with Gasteiger partial charge in [0, 0.05) is 12.6 Å². The summed E-state index contributed by atoms with van der Waals surface area (Å²) in [6.07, 6.45) is 4.80. The average molecular weight is 512 g/mol. The number of carbonyl (C=O) groups is 1. The van der Waals surface area contributed by atoms with E-state index in [1.165, 1.54) is 0 Å². The van der Waals surface area contributed by atoms with Crippen LogP contribution in [0.3, 0.4) is 0 Å². The van der Waals surface area contributed by atoms with Crippen LogP contribution in [0.2, 0.25) is 0 Å². The molecule has 8 nitrogen and oxygen atoms in total. The molecule has 38 heavy (non-hydrogen) atoms. The fourth-order valence-electron chi connectivity index (χ4n) is 4.78. The molecule has 0 fully saturated rings. The number of anilines is 1. The van der Waals surface area contributed by atoms with E-state index in [0.29, 0.717) is 18.8 Å². The lowest BCUT2D eigenvalue weighted by Crippen LogP contribution is -2.19. The second kappa shape index (κ2) is 10.8. The number of nitrogens with one attached hydrogen (secondary N) is 1. The first-order valence-electron chi connectivity index (χ1n) is 13.0. The molecule has 2 aromatic heterocycles. The van der Waals surface area contributed by atoms with Crippen LogP contribution in [0.4, 0.5) is 5.82 Å². The SMILES string of the molecule is Cc1ccc(OCCCC(C)(C)O)cc1-c1ccnc(NC(=O)c2nc3n(n2)C(c2ccccc2)CC3)c1. The molecule has 0 bridgehead atoms. The summed E-state index contributed by atoms with van der Waals surface area (Å²) in [7, 11) is 0. The number of fused-ring (bicyclic) bond motifs is 1. The van der Waals surface area contributed by atoms with Gasteiger partial charge in [0.1, 0.15) is 17.4 Å². The maximum Gasteiger partial charge on any atom is 0.296 e. The third kappa shape index (κ3) is 5.92. The largest absolute Gasteiger partial charge is 0.494 e. The van der Waals surface area contributed by atoms with E-state index in [9.17, 15) is 9.90 Å². The molecule has 1 atom stereocenters. The third-order valence-corrected chi connectivity index (χ3v) is 6.75. The number of hydrogen-bond acceptors (Lipinski definition) is 6. The van der Waals surface area contributed by atoms with Crippen molar-refractivity contribution in [2.24, 2.45) is 0 Å². The van der Waals surface area contributed by atoms with Crippen LogP contribution >= 0.6 is 0 Å². The van der Waals surface area contributed by atoms with E-state index < -0.39 is 5.60 Å². The highest BCUT2D eigenvalue weighted by molar-refractivity contribution is 6.01. The van der Waals surface area contributed by atoms with E-state index in [0.717, 1.165) is 53.1 Å². The molecule has 2 aromatic carbocycles. The molecule has 8 heteroatoms. The molecular formula is C30H33N5O3. The van der Waals surface area contributed by atoms with Crippen molar-refractivity contribution in [2.45, 2.75) is 58.1 Å². The first-order valence-corrected chi connectivity index (χ1v) is 13.0. The molecule has 0 radical (unpaired) electrons. The van der Waals surface area contributed by atoms with Gasteiger partial charge in [-0.1, -0.05) is 36.4 Å². The zero-order valence-electron chi connectivity index (χ0n) is 22.0. The van der Waals surface area contributed by atoms with Gasteiger partial charge in [-0.05, 0) is 86.6 Å². The standard InChI is InChI=1S/C30H33N5O3/c1-20-10-11-23(38-17-7-15-30(2,3)37)19-24(20)22-14-16-31-26(18-22)32-29(36)28-33-27-13-12-25(35(27)34-28)21-8-5-4-6-9-21/h4-6,8-11,14,16,18-19,25,37H,7,12-13,15,17H2,1-3H3,(H,31,32,36). The Morgan fingerprint density at radius 3 is 2.76 bits per heavy atom. The predicted molar refractivity (Wildman–Crippen MR) is 146 cm³/mol. The number of benzene rings is 2. The van der Waals surface area contributed by atoms with Crippen molar-refractivity contribution in [3.63, 3.8) is 0 Å². The molecule has 2 N–H and O–H groups in total. The van der Waals surface area contributed by atoms with Gasteiger partial charge in [0.05, 0.1) is 18.2 Å². The zero-order valence-corrected chi connectivity index (χ0v) is 22.0. The molecular weight excluding hydrogens is 478 g/mol. The van der Waals surface area contributed by atoms with Gasteiger partial charge < -0.3 is 15.2 Å². The van der Waals surface area contributed by atoms with Crippen LogP contribution in [0.5, 0.6) is 5.75 Å². The van der Waals surface area contributed by atoms with Crippen molar-refractivity contribution >= 4 is 11.7 Å². The van der Waals surface area contributed by atoms with E-state index in [-0.39, 0.29) is 17.8 Å². The summed E-state index contributed by atoms with van der Waals surface area (Å²) in [5, 5.41) is 17.3. The molecule has 196 valence electrons. The molecule has 5 rings (SSSR count). The predicted octanol–water partition coefficient (Wildman–Crippen LogP) is 5.37. The lowest BCUT2D eigenvalue weighted by molar-refractivity contribution is 0.0641. The average Bonchev–Trinajstić information content (AvgIpc) is 3.49. The van der Waals surface area contributed by atoms with Crippen LogP contribution in [0.25, 0.3) is 11.1 Å². The maximum absolute atomic E-state index is 13.0. The molecule has 1 aliphatic rings. The monoisotopic (exact) mass is 511 g/mol. The highest BCUT2D eigenvalue weighted by Gasteiger charge is 2.28. The second-order valence-corrected chi connectivity index (χ2v) is 10.4. The van der Waals surface area contributed by atoms with Gasteiger partial charge >= 0.3 is 0 Å². The van der Waals surface area contributed by atoms with Crippen LogP contribution in [-0.2, 0) is 6.42 Å². The van der Waals surface area contributed by atoms with Crippen molar-refractivity contribution in [1.82, 2.24) is 19.7 Å². The topological polar surface area (TPSA) is 102 Å². The van der Waals surface area contributed by atoms with Gasteiger partial charge in [0.25, 0.3) is 5.91 Å². The molecule has 3 heterocycles. The number of hydrogen-bond donors (Lipinski definition) is 2. The summed E-state index contributed by atoms with van der Waals surface area (Å²) in [5.41, 5.74) is 3.45. The first kappa shape index (κ1) is 25.6. The summed E-state index contributed by atoms with van der Waals surface area (Å²) < 4.78 is 7.79. The van der Waals surface area contributed by atoms with Crippen molar-refractivity contribution in [3.8, 4) is 16.9 Å². The molecule has 4 aromatic rings. The Morgan fingerprint density at radius 2 is 1.97 bits per heavy atom. The maximum atomic E-state index is 13.0. The zero-order chi connectivity index (χ0) is 26.7. The summed E-state index contributed by atoms with van der Waals surface area (Å²) in [4.78, 5) is 21.9. The number of rotatable bonds is 9. The number of carbonyl (C=O) groups excluding carboxylic acids is 1. The van der Waals surface area contributed by atoms with E-state index >= 15 is 0 Å². The van der Waals surface area contributed by atoms with Gasteiger partial charge in [-0.3, -0.25) is 4.79 Å². The van der Waals surface area contributed by atoms with E-state index in [1.807, 2.05) is 60.1 Å². The van der Waals surface area contributed by atoms with Crippen LogP contribution in [-0.4, -0.2) is 43.0 Å². The number of amides is 1. The highest BCUT2D eigenvalue weighted by atomic mass is 16.5. The van der Waals surface area contributed by atoms with Gasteiger partial charge in [-0.15, -0.1) is 5.10 Å². The van der Waals surface area contributed by atoms with E-state index in [2.05, 4.69) is 32.5 Å². The third-order valence-electron chi connectivity index (χ3n) is 6.75. The summed E-state index contributed by atoms with van der Waals surface area (Å²) in [6, 6.07) is 20.0. The number of aliphatic hydroxyl groups is 1. The minimum absolute atomic E-state index is 0.0919. The molecule has 0 spiro atoms. The summed E-state index contributed by atoms with van der Waals surface area (Å²) in [6.45, 7) is 6.16. The van der Waals surface area contributed by atoms with Crippen LogP contribution in [0, 0.1) is 6.92 Å². The minimum Gasteiger partial charge on any atom is -0.494 e. The Bertz CT molecular complexity index is 1430. The van der Waals surface area contributed by atoms with Crippen molar-refractivity contribution < 1.29 is 14.6 Å². The van der Waals surface area contributed by atoms with Gasteiger partial charge in [0.2, 0.25) is 5.82 Å². The van der Waals surface area contributed by atoms with Gasteiger partial charge in [0.15, 0.2) is 0 Å². The fourth-order valence-corrected chi connectivity index (χ4v) is 4.78. The lowest BCUT2D eigenvalue weighted by atomic mass is 10.0. The Balaban J connectivity index is 1.28. The highest BCUT2D eigenvalue weighted by Crippen LogP contribution is 2.31. The summed E-state index contributed by atoms with van der Waals surface area (Å²) in [5.74, 6) is 1.77. The smallest absolute Gasteiger partial charge is 0.296 e. The Kier molecular flexibility index (Phi) is 7.24. The minimum atomic E-state index is -0.699. The molecule has 1 aliphatic heterocycles. The molecule has 1 amide bonds. The van der Waals surface area contributed by atoms with Gasteiger partial charge in [-0.25, -0.2) is 14.6 Å². The van der Waals surface area contributed by atoms with Crippen LogP contribution < -0.4 is 10.1 Å². The van der Waals surface area contributed by atoms with E-state index in [4.69, 9.17) is 4.74 Å². The van der Waals surface area contributed by atoms with Crippen molar-refractivity contribution in [3.05, 3.63) is 89.6 Å². The van der Waals surface area contributed by atoms with Crippen LogP contribution in [0.1, 0.15) is 66.7 Å². The quantitative estimate of drug-likeness (QED) is 0.293. The first-order chi connectivity index (χ1) is 18.3. The number of ether oxygens (including phenoxy) is 1. The van der Waals surface area contributed by atoms with Crippen molar-refractivity contribution in [1.29, 1.82) is 0 Å². The number of nitrogens with zero attached hydrogens (tertiary/aromatic N) is 4. The molecule has 0 saturated heterocycles. The van der Waals surface area contributed by atoms with E-state index in [1.54, 1.807) is 20.0 Å². The Hall–Kier alpha value is -4.04. The molecule has 0 aliphatic carbocycles. The lowest BCUT2D eigenvalue weighted by Gasteiger charge is -2.17. The Labute approximate surface area is 222 Å². The Morgan fingerprint density at radius 1 is 1.16 bits per heavy atom. The number of aromatic nitrogens is 4. The number of aryl methyl sites for hydroxylation is 2. The van der Waals surface area contributed by atoms with Crippen molar-refractivity contribution in [2.75, 3.05) is 11.9 Å². The number of pyridine rings is 1. The van der Waals surface area contributed by atoms with Crippen LogP contribution in [0.15, 0.2) is 66.9 Å².